The molecule has 0 heterocycles. The highest BCUT2D eigenvalue weighted by Crippen LogP contribution is 2.10. The summed E-state index contributed by atoms with van der Waals surface area (Å²) in [5.41, 5.74) is 0.466. The summed E-state index contributed by atoms with van der Waals surface area (Å²) in [7, 11) is 0. The maximum absolute atomic E-state index is 11.1. The molecule has 0 rings (SSSR count). The molecule has 0 N–H and O–H groups in total. The molecule has 21 heavy (non-hydrogen) atoms. The first-order chi connectivity index (χ1) is 10.2. The van der Waals surface area contributed by atoms with E-state index in [1.807, 2.05) is 0 Å². The van der Waals surface area contributed by atoms with Gasteiger partial charge in [-0.3, -0.25) is 0 Å². The number of carbonyl (C=O) groups is 1. The van der Waals surface area contributed by atoms with E-state index >= 15 is 0 Å². The van der Waals surface area contributed by atoms with Gasteiger partial charge in [-0.25, -0.2) is 14.6 Å². The minimum absolute atomic E-state index is 0.283. The third kappa shape index (κ3) is 14.8. The summed E-state index contributed by atoms with van der Waals surface area (Å²) >= 11 is 0. The SMILES string of the molecule is C=C(C)C(=O)OCCCCCCCCCCCCN=C=O. The van der Waals surface area contributed by atoms with Gasteiger partial charge < -0.3 is 4.74 Å². The van der Waals surface area contributed by atoms with Crippen LogP contribution in [-0.2, 0) is 14.3 Å². The Bertz CT molecular complexity index is 333. The van der Waals surface area contributed by atoms with Crippen molar-refractivity contribution < 1.29 is 14.3 Å². The van der Waals surface area contributed by atoms with E-state index in [4.69, 9.17) is 4.74 Å². The van der Waals surface area contributed by atoms with E-state index in [1.165, 1.54) is 38.5 Å². The highest BCUT2D eigenvalue weighted by atomic mass is 16.5. The maximum Gasteiger partial charge on any atom is 0.333 e. The standard InChI is InChI=1S/C17H29NO3/c1-16(2)17(20)21-14-12-10-8-6-4-3-5-7-9-11-13-18-15-19/h1,3-14H2,2H3. The normalized spacial score (nSPS) is 9.95. The Hall–Kier alpha value is -1.41. The molecule has 0 aromatic carbocycles. The quantitative estimate of drug-likeness (QED) is 0.157. The van der Waals surface area contributed by atoms with Crippen molar-refractivity contribution in [3.63, 3.8) is 0 Å². The average Bonchev–Trinajstić information content (AvgIpc) is 2.47. The molecule has 4 nitrogen and oxygen atoms in total. The minimum Gasteiger partial charge on any atom is -0.462 e. The Kier molecular flexibility index (Phi) is 14.0. The van der Waals surface area contributed by atoms with Gasteiger partial charge in [-0.05, 0) is 19.8 Å². The predicted molar refractivity (Wildman–Crippen MR) is 84.9 cm³/mol. The third-order valence-electron chi connectivity index (χ3n) is 3.31. The van der Waals surface area contributed by atoms with Crippen LogP contribution >= 0.6 is 0 Å². The zero-order chi connectivity index (χ0) is 15.8. The van der Waals surface area contributed by atoms with Crippen LogP contribution in [0.2, 0.25) is 0 Å². The van der Waals surface area contributed by atoms with Crippen molar-refractivity contribution in [1.82, 2.24) is 0 Å². The molecule has 0 radical (unpaired) electrons. The summed E-state index contributed by atoms with van der Waals surface area (Å²) in [6, 6.07) is 0. The summed E-state index contributed by atoms with van der Waals surface area (Å²) in [6.45, 7) is 6.34. The number of esters is 1. The van der Waals surface area contributed by atoms with Crippen LogP contribution < -0.4 is 0 Å². The maximum atomic E-state index is 11.1. The third-order valence-corrected chi connectivity index (χ3v) is 3.31. The van der Waals surface area contributed by atoms with Gasteiger partial charge >= 0.3 is 5.97 Å². The van der Waals surface area contributed by atoms with Crippen LogP contribution in [0, 0.1) is 0 Å². The van der Waals surface area contributed by atoms with E-state index in [2.05, 4.69) is 11.6 Å². The number of nitrogens with zero attached hydrogens (tertiary/aromatic N) is 1. The lowest BCUT2D eigenvalue weighted by Gasteiger charge is -2.04. The lowest BCUT2D eigenvalue weighted by Crippen LogP contribution is -2.05. The minimum atomic E-state index is -0.283. The molecule has 0 fully saturated rings. The zero-order valence-electron chi connectivity index (χ0n) is 13.4. The molecular weight excluding hydrogens is 266 g/mol. The van der Waals surface area contributed by atoms with Crippen LogP contribution in [0.3, 0.4) is 0 Å². The fraction of sp³-hybridized carbons (Fsp3) is 0.765. The molecule has 0 aliphatic carbocycles. The molecule has 0 aromatic heterocycles. The molecule has 120 valence electrons. The Morgan fingerprint density at radius 3 is 1.90 bits per heavy atom. The molecule has 0 saturated heterocycles. The Morgan fingerprint density at radius 1 is 0.952 bits per heavy atom. The lowest BCUT2D eigenvalue weighted by molar-refractivity contribution is -0.139. The Labute approximate surface area is 128 Å². The van der Waals surface area contributed by atoms with Gasteiger partial charge in [0.25, 0.3) is 0 Å². The summed E-state index contributed by atoms with van der Waals surface area (Å²) in [5, 5.41) is 0. The van der Waals surface area contributed by atoms with E-state index in [-0.39, 0.29) is 5.97 Å². The molecule has 0 saturated carbocycles. The number of carbonyl (C=O) groups excluding carboxylic acids is 2. The fourth-order valence-electron chi connectivity index (χ4n) is 2.04. The van der Waals surface area contributed by atoms with E-state index in [9.17, 15) is 9.59 Å². The molecule has 0 amide bonds. The average molecular weight is 295 g/mol. The summed E-state index contributed by atoms with van der Waals surface area (Å²) in [5.74, 6) is -0.283. The van der Waals surface area contributed by atoms with E-state index < -0.39 is 0 Å². The van der Waals surface area contributed by atoms with Gasteiger partial charge in [0.2, 0.25) is 6.08 Å². The molecule has 0 bridgehead atoms. The number of hydrogen-bond acceptors (Lipinski definition) is 4. The number of hydrogen-bond donors (Lipinski definition) is 0. The van der Waals surface area contributed by atoms with E-state index in [1.54, 1.807) is 13.0 Å². The van der Waals surface area contributed by atoms with Crippen molar-refractivity contribution in [2.45, 2.75) is 71.1 Å². The Balaban J connectivity index is 3.10. The lowest BCUT2D eigenvalue weighted by atomic mass is 10.1. The van der Waals surface area contributed by atoms with Crippen molar-refractivity contribution >= 4 is 12.0 Å². The van der Waals surface area contributed by atoms with Crippen LogP contribution in [-0.4, -0.2) is 25.2 Å². The van der Waals surface area contributed by atoms with Crippen molar-refractivity contribution in [3.8, 4) is 0 Å². The summed E-state index contributed by atoms with van der Waals surface area (Å²) in [4.78, 5) is 24.5. The second kappa shape index (κ2) is 15.0. The van der Waals surface area contributed by atoms with E-state index in [0.717, 1.165) is 25.7 Å². The number of aliphatic imine (C=N–C) groups is 1. The van der Waals surface area contributed by atoms with E-state index in [0.29, 0.717) is 18.7 Å². The van der Waals surface area contributed by atoms with Crippen LogP contribution in [0.4, 0.5) is 0 Å². The first-order valence-electron chi connectivity index (χ1n) is 8.04. The summed E-state index contributed by atoms with van der Waals surface area (Å²) < 4.78 is 5.03. The van der Waals surface area contributed by atoms with Gasteiger partial charge in [-0.15, -0.1) is 0 Å². The van der Waals surface area contributed by atoms with Gasteiger partial charge in [-0.1, -0.05) is 57.9 Å². The highest BCUT2D eigenvalue weighted by Gasteiger charge is 2.01. The molecular formula is C17H29NO3. The first-order valence-corrected chi connectivity index (χ1v) is 8.04. The smallest absolute Gasteiger partial charge is 0.333 e. The van der Waals surface area contributed by atoms with Crippen molar-refractivity contribution in [2.24, 2.45) is 4.99 Å². The van der Waals surface area contributed by atoms with Gasteiger partial charge in [0.05, 0.1) is 13.2 Å². The van der Waals surface area contributed by atoms with Gasteiger partial charge in [-0.2, -0.15) is 0 Å². The van der Waals surface area contributed by atoms with Crippen molar-refractivity contribution in [3.05, 3.63) is 12.2 Å². The molecule has 0 aromatic rings. The van der Waals surface area contributed by atoms with Gasteiger partial charge in [0.1, 0.15) is 0 Å². The van der Waals surface area contributed by atoms with Crippen LogP contribution in [0.15, 0.2) is 17.1 Å². The molecule has 0 unspecified atom stereocenters. The summed E-state index contributed by atoms with van der Waals surface area (Å²) in [6.07, 6.45) is 13.3. The van der Waals surface area contributed by atoms with Gasteiger partial charge in [0, 0.05) is 5.57 Å². The van der Waals surface area contributed by atoms with Crippen LogP contribution in [0.25, 0.3) is 0 Å². The second-order valence-corrected chi connectivity index (χ2v) is 5.42. The number of unbranched alkanes of at least 4 members (excludes halogenated alkanes) is 9. The number of ether oxygens (including phenoxy) is 1. The highest BCUT2D eigenvalue weighted by molar-refractivity contribution is 5.86. The fourth-order valence-corrected chi connectivity index (χ4v) is 2.04. The van der Waals surface area contributed by atoms with Gasteiger partial charge in [0.15, 0.2) is 0 Å². The molecule has 0 aliphatic rings. The zero-order valence-corrected chi connectivity index (χ0v) is 13.4. The largest absolute Gasteiger partial charge is 0.462 e. The number of isocyanates is 1. The van der Waals surface area contributed by atoms with Crippen molar-refractivity contribution in [1.29, 1.82) is 0 Å². The van der Waals surface area contributed by atoms with Crippen LogP contribution in [0.5, 0.6) is 0 Å². The molecule has 0 aliphatic heterocycles. The topological polar surface area (TPSA) is 55.7 Å². The second-order valence-electron chi connectivity index (χ2n) is 5.42. The van der Waals surface area contributed by atoms with Crippen LogP contribution in [0.1, 0.15) is 71.1 Å². The van der Waals surface area contributed by atoms with Crippen molar-refractivity contribution in [2.75, 3.05) is 13.2 Å². The monoisotopic (exact) mass is 295 g/mol. The molecule has 0 atom stereocenters. The molecule has 4 heteroatoms. The first kappa shape index (κ1) is 19.6. The molecule has 0 spiro atoms. The number of rotatable bonds is 14. The predicted octanol–water partition coefficient (Wildman–Crippen LogP) is 4.34. The Morgan fingerprint density at radius 2 is 1.43 bits per heavy atom.